The molecule has 0 unspecified atom stereocenters. The number of rotatable bonds is 8. The summed E-state index contributed by atoms with van der Waals surface area (Å²) >= 11 is 8.69. The normalized spacial score (nSPS) is 10.7. The number of anilines is 1. The SMILES string of the molecule is COc1ccc(-c2nnc(SCC(=O)Nc3ccccc3Sc3ccc(Cl)cc3)o2)cc1. The molecule has 1 amide bonds. The molecule has 6 nitrogen and oxygen atoms in total. The predicted molar refractivity (Wildman–Crippen MR) is 128 cm³/mol. The van der Waals surface area contributed by atoms with E-state index < -0.39 is 0 Å². The minimum absolute atomic E-state index is 0.143. The van der Waals surface area contributed by atoms with E-state index in [2.05, 4.69) is 15.5 Å². The molecule has 0 atom stereocenters. The van der Waals surface area contributed by atoms with E-state index in [9.17, 15) is 4.79 Å². The van der Waals surface area contributed by atoms with Crippen LogP contribution in [0.25, 0.3) is 11.5 Å². The first kappa shape index (κ1) is 22.3. The molecular weight excluding hydrogens is 466 g/mol. The molecule has 0 bridgehead atoms. The molecule has 0 saturated heterocycles. The molecule has 4 rings (SSSR count). The fourth-order valence-electron chi connectivity index (χ4n) is 2.72. The molecule has 0 saturated carbocycles. The molecule has 4 aromatic rings. The number of carbonyl (C=O) groups is 1. The van der Waals surface area contributed by atoms with E-state index in [1.807, 2.05) is 72.8 Å². The second-order valence-corrected chi connectivity index (χ2v) is 8.97. The van der Waals surface area contributed by atoms with Gasteiger partial charge in [-0.25, -0.2) is 0 Å². The van der Waals surface area contributed by atoms with Gasteiger partial charge in [0.1, 0.15) is 5.75 Å². The van der Waals surface area contributed by atoms with Crippen molar-refractivity contribution in [1.29, 1.82) is 0 Å². The smallest absolute Gasteiger partial charge is 0.277 e. The van der Waals surface area contributed by atoms with Crippen LogP contribution < -0.4 is 10.1 Å². The number of nitrogens with one attached hydrogen (secondary N) is 1. The Hall–Kier alpha value is -2.94. The molecule has 3 aromatic carbocycles. The summed E-state index contributed by atoms with van der Waals surface area (Å²) in [6.45, 7) is 0. The number of hydrogen-bond acceptors (Lipinski definition) is 7. The van der Waals surface area contributed by atoms with Crippen LogP contribution in [0.2, 0.25) is 5.02 Å². The lowest BCUT2D eigenvalue weighted by Crippen LogP contribution is -2.14. The maximum absolute atomic E-state index is 12.5. The van der Waals surface area contributed by atoms with Gasteiger partial charge in [0.15, 0.2) is 0 Å². The fourth-order valence-corrected chi connectivity index (χ4v) is 4.31. The summed E-state index contributed by atoms with van der Waals surface area (Å²) in [5.74, 6) is 1.11. The van der Waals surface area contributed by atoms with Crippen molar-refractivity contribution in [3.8, 4) is 17.2 Å². The topological polar surface area (TPSA) is 77.2 Å². The molecule has 0 radical (unpaired) electrons. The van der Waals surface area contributed by atoms with Crippen LogP contribution in [0, 0.1) is 0 Å². The average molecular weight is 484 g/mol. The van der Waals surface area contributed by atoms with Gasteiger partial charge < -0.3 is 14.5 Å². The van der Waals surface area contributed by atoms with E-state index in [4.69, 9.17) is 20.8 Å². The molecular formula is C23H18ClN3O3S2. The Morgan fingerprint density at radius 2 is 1.78 bits per heavy atom. The molecule has 0 aliphatic carbocycles. The molecule has 162 valence electrons. The second kappa shape index (κ2) is 10.6. The predicted octanol–water partition coefficient (Wildman–Crippen LogP) is 6.28. The van der Waals surface area contributed by atoms with Crippen LogP contribution in [0.15, 0.2) is 92.2 Å². The summed E-state index contributed by atoms with van der Waals surface area (Å²) in [6, 6.07) is 22.5. The number of amides is 1. The Morgan fingerprint density at radius 3 is 2.53 bits per heavy atom. The Kier molecular flexibility index (Phi) is 7.36. The number of para-hydroxylation sites is 1. The third-order valence-electron chi connectivity index (χ3n) is 4.27. The molecule has 1 aromatic heterocycles. The highest BCUT2D eigenvalue weighted by Crippen LogP contribution is 2.34. The van der Waals surface area contributed by atoms with Gasteiger partial charge in [0, 0.05) is 20.4 Å². The number of thioether (sulfide) groups is 1. The highest BCUT2D eigenvalue weighted by Gasteiger charge is 2.13. The summed E-state index contributed by atoms with van der Waals surface area (Å²) in [4.78, 5) is 14.5. The van der Waals surface area contributed by atoms with Crippen LogP contribution in [-0.4, -0.2) is 29.0 Å². The Labute approximate surface area is 198 Å². The van der Waals surface area contributed by atoms with E-state index in [-0.39, 0.29) is 11.7 Å². The van der Waals surface area contributed by atoms with Crippen molar-refractivity contribution >= 4 is 46.7 Å². The summed E-state index contributed by atoms with van der Waals surface area (Å²) in [5, 5.41) is 12.0. The van der Waals surface area contributed by atoms with E-state index >= 15 is 0 Å². The summed E-state index contributed by atoms with van der Waals surface area (Å²) < 4.78 is 10.8. The highest BCUT2D eigenvalue weighted by atomic mass is 35.5. The number of aromatic nitrogens is 2. The zero-order valence-corrected chi connectivity index (χ0v) is 19.3. The van der Waals surface area contributed by atoms with Crippen LogP contribution in [-0.2, 0) is 4.79 Å². The first-order valence-electron chi connectivity index (χ1n) is 9.54. The molecule has 1 heterocycles. The van der Waals surface area contributed by atoms with Crippen molar-refractivity contribution in [1.82, 2.24) is 10.2 Å². The average Bonchev–Trinajstić information content (AvgIpc) is 3.30. The van der Waals surface area contributed by atoms with Crippen LogP contribution in [0.3, 0.4) is 0 Å². The standard InChI is InChI=1S/C23H18ClN3O3S2/c1-29-17-10-6-15(7-11-17)22-26-27-23(30-22)31-14-21(28)25-19-4-2-3-5-20(19)32-18-12-8-16(24)9-13-18/h2-13H,14H2,1H3,(H,25,28). The Balaban J connectivity index is 1.35. The van der Waals surface area contributed by atoms with Crippen molar-refractivity contribution < 1.29 is 13.9 Å². The lowest BCUT2D eigenvalue weighted by atomic mass is 10.2. The summed E-state index contributed by atoms with van der Waals surface area (Å²) in [6.07, 6.45) is 0. The van der Waals surface area contributed by atoms with Gasteiger partial charge in [-0.2, -0.15) is 0 Å². The number of carbonyl (C=O) groups excluding carboxylic acids is 1. The fraction of sp³-hybridized carbons (Fsp3) is 0.0870. The first-order chi connectivity index (χ1) is 15.6. The lowest BCUT2D eigenvalue weighted by Gasteiger charge is -2.10. The van der Waals surface area contributed by atoms with Gasteiger partial charge in [-0.15, -0.1) is 10.2 Å². The van der Waals surface area contributed by atoms with Gasteiger partial charge in [0.05, 0.1) is 18.6 Å². The number of hydrogen-bond donors (Lipinski definition) is 1. The van der Waals surface area contributed by atoms with E-state index in [1.165, 1.54) is 11.8 Å². The van der Waals surface area contributed by atoms with Gasteiger partial charge in [-0.3, -0.25) is 4.79 Å². The van der Waals surface area contributed by atoms with Gasteiger partial charge >= 0.3 is 0 Å². The summed E-state index contributed by atoms with van der Waals surface area (Å²) in [7, 11) is 1.61. The van der Waals surface area contributed by atoms with E-state index in [0.717, 1.165) is 26.8 Å². The minimum atomic E-state index is -0.164. The quantitative estimate of drug-likeness (QED) is 0.295. The number of ether oxygens (including phenoxy) is 1. The van der Waals surface area contributed by atoms with Crippen molar-refractivity contribution in [2.24, 2.45) is 0 Å². The van der Waals surface area contributed by atoms with E-state index in [1.54, 1.807) is 18.9 Å². The zero-order valence-electron chi connectivity index (χ0n) is 16.9. The highest BCUT2D eigenvalue weighted by molar-refractivity contribution is 8.00. The molecule has 0 spiro atoms. The molecule has 0 aliphatic heterocycles. The van der Waals surface area contributed by atoms with Crippen molar-refractivity contribution in [2.45, 2.75) is 15.0 Å². The number of benzene rings is 3. The third-order valence-corrected chi connectivity index (χ3v) is 6.43. The largest absolute Gasteiger partial charge is 0.497 e. The second-order valence-electron chi connectivity index (χ2n) is 6.49. The lowest BCUT2D eigenvalue weighted by molar-refractivity contribution is -0.113. The van der Waals surface area contributed by atoms with Crippen LogP contribution in [0.4, 0.5) is 5.69 Å². The van der Waals surface area contributed by atoms with E-state index in [0.29, 0.717) is 16.1 Å². The van der Waals surface area contributed by atoms with Crippen LogP contribution in [0.1, 0.15) is 0 Å². The molecule has 1 N–H and O–H groups in total. The Bertz CT molecular complexity index is 1200. The molecule has 9 heteroatoms. The number of halogens is 1. The monoisotopic (exact) mass is 483 g/mol. The van der Waals surface area contributed by atoms with Crippen molar-refractivity contribution in [2.75, 3.05) is 18.2 Å². The van der Waals surface area contributed by atoms with Gasteiger partial charge in [0.25, 0.3) is 5.22 Å². The molecule has 32 heavy (non-hydrogen) atoms. The summed E-state index contributed by atoms with van der Waals surface area (Å²) in [5.41, 5.74) is 1.52. The maximum Gasteiger partial charge on any atom is 0.277 e. The van der Waals surface area contributed by atoms with Crippen LogP contribution >= 0.6 is 35.1 Å². The van der Waals surface area contributed by atoms with Crippen molar-refractivity contribution in [3.63, 3.8) is 0 Å². The molecule has 0 fully saturated rings. The zero-order chi connectivity index (χ0) is 22.3. The first-order valence-corrected chi connectivity index (χ1v) is 11.7. The van der Waals surface area contributed by atoms with Gasteiger partial charge in [-0.1, -0.05) is 47.3 Å². The maximum atomic E-state index is 12.5. The van der Waals surface area contributed by atoms with Crippen LogP contribution in [0.5, 0.6) is 5.75 Å². The van der Waals surface area contributed by atoms with Gasteiger partial charge in [-0.05, 0) is 60.7 Å². The number of methoxy groups -OCH3 is 1. The number of nitrogens with zero attached hydrogens (tertiary/aromatic N) is 2. The third kappa shape index (κ3) is 5.85. The minimum Gasteiger partial charge on any atom is -0.497 e. The molecule has 0 aliphatic rings. The Morgan fingerprint density at radius 1 is 1.03 bits per heavy atom. The van der Waals surface area contributed by atoms with Gasteiger partial charge in [0.2, 0.25) is 11.8 Å². The van der Waals surface area contributed by atoms with Crippen molar-refractivity contribution in [3.05, 3.63) is 77.8 Å².